The zero-order valence-corrected chi connectivity index (χ0v) is 12.9. The average molecular weight is 312 g/mol. The molecule has 1 aromatic heterocycles. The summed E-state index contributed by atoms with van der Waals surface area (Å²) in [7, 11) is 0. The lowest BCUT2D eigenvalue weighted by molar-refractivity contribution is -0.126. The van der Waals surface area contributed by atoms with Crippen LogP contribution in [0.5, 0.6) is 0 Å². The molecule has 5 nitrogen and oxygen atoms in total. The molecule has 1 aromatic carbocycles. The highest BCUT2D eigenvalue weighted by molar-refractivity contribution is 5.94. The number of hydrogen-bond acceptors (Lipinski definition) is 3. The number of likely N-dealkylation sites (tertiary alicyclic amines) is 1. The number of nitrogens with zero attached hydrogens (tertiary/aromatic N) is 1. The summed E-state index contributed by atoms with van der Waals surface area (Å²) in [5, 5.41) is 2.98. The summed E-state index contributed by atoms with van der Waals surface area (Å²) in [5.74, 6) is 0.0262. The van der Waals surface area contributed by atoms with Crippen molar-refractivity contribution in [1.29, 1.82) is 0 Å². The fourth-order valence-electron chi connectivity index (χ4n) is 2.84. The molecule has 3 rings (SSSR count). The highest BCUT2D eigenvalue weighted by Crippen LogP contribution is 2.19. The third kappa shape index (κ3) is 3.80. The number of amides is 2. The van der Waals surface area contributed by atoms with Crippen LogP contribution < -0.4 is 5.32 Å². The summed E-state index contributed by atoms with van der Waals surface area (Å²) < 4.78 is 4.95. The van der Waals surface area contributed by atoms with E-state index in [1.54, 1.807) is 11.0 Å². The Hall–Kier alpha value is -2.56. The number of hydrogen-bond donors (Lipinski definition) is 1. The first-order valence-electron chi connectivity index (χ1n) is 7.87. The highest BCUT2D eigenvalue weighted by Gasteiger charge is 2.27. The van der Waals surface area contributed by atoms with E-state index in [2.05, 4.69) is 5.32 Å². The van der Waals surface area contributed by atoms with Gasteiger partial charge in [0.1, 0.15) is 6.26 Å². The Balaban J connectivity index is 1.47. The van der Waals surface area contributed by atoms with Gasteiger partial charge in [0.25, 0.3) is 5.91 Å². The lowest BCUT2D eigenvalue weighted by Gasteiger charge is -2.31. The summed E-state index contributed by atoms with van der Waals surface area (Å²) in [6.07, 6.45) is 4.35. The molecule has 2 heterocycles. The van der Waals surface area contributed by atoms with E-state index in [4.69, 9.17) is 4.42 Å². The molecule has 0 aliphatic carbocycles. The maximum Gasteiger partial charge on any atom is 0.257 e. The first-order valence-corrected chi connectivity index (χ1v) is 7.87. The maximum atomic E-state index is 12.2. The lowest BCUT2D eigenvalue weighted by atomic mass is 9.95. The molecule has 5 heteroatoms. The smallest absolute Gasteiger partial charge is 0.257 e. The second kappa shape index (κ2) is 7.13. The molecule has 120 valence electrons. The van der Waals surface area contributed by atoms with Crippen LogP contribution in [0.25, 0.3) is 0 Å². The van der Waals surface area contributed by atoms with E-state index in [0.717, 1.165) is 5.56 Å². The largest absolute Gasteiger partial charge is 0.472 e. The average Bonchev–Trinajstić information content (AvgIpc) is 3.15. The van der Waals surface area contributed by atoms with Gasteiger partial charge in [-0.2, -0.15) is 0 Å². The van der Waals surface area contributed by atoms with Crippen LogP contribution in [0.3, 0.4) is 0 Å². The molecule has 0 bridgehead atoms. The van der Waals surface area contributed by atoms with E-state index in [1.165, 1.54) is 12.5 Å². The van der Waals surface area contributed by atoms with Crippen molar-refractivity contribution in [2.45, 2.75) is 19.4 Å². The SMILES string of the molecule is O=C(NCc1ccccc1)C1CCN(C(=O)c2ccoc2)CC1. The van der Waals surface area contributed by atoms with E-state index in [-0.39, 0.29) is 17.7 Å². The second-order valence-electron chi connectivity index (χ2n) is 5.78. The molecule has 1 N–H and O–H groups in total. The van der Waals surface area contributed by atoms with Crippen LogP contribution in [0, 0.1) is 5.92 Å². The molecule has 0 atom stereocenters. The zero-order chi connectivity index (χ0) is 16.1. The molecule has 1 aliphatic rings. The van der Waals surface area contributed by atoms with Gasteiger partial charge in [-0.3, -0.25) is 9.59 Å². The predicted octanol–water partition coefficient (Wildman–Crippen LogP) is 2.45. The second-order valence-corrected chi connectivity index (χ2v) is 5.78. The predicted molar refractivity (Wildman–Crippen MR) is 85.6 cm³/mol. The number of nitrogens with one attached hydrogen (secondary N) is 1. The lowest BCUT2D eigenvalue weighted by Crippen LogP contribution is -2.42. The molecule has 1 aliphatic heterocycles. The zero-order valence-electron chi connectivity index (χ0n) is 12.9. The minimum absolute atomic E-state index is 0.0212. The molecule has 0 radical (unpaired) electrons. The molecule has 2 amide bonds. The van der Waals surface area contributed by atoms with Gasteiger partial charge in [-0.1, -0.05) is 30.3 Å². The minimum atomic E-state index is -0.0260. The Labute approximate surface area is 135 Å². The highest BCUT2D eigenvalue weighted by atomic mass is 16.3. The van der Waals surface area contributed by atoms with Crippen molar-refractivity contribution in [1.82, 2.24) is 10.2 Å². The molecule has 2 aromatic rings. The molecular formula is C18H20N2O3. The van der Waals surface area contributed by atoms with Crippen LogP contribution in [-0.2, 0) is 11.3 Å². The minimum Gasteiger partial charge on any atom is -0.472 e. The van der Waals surface area contributed by atoms with Crippen molar-refractivity contribution in [2.24, 2.45) is 5.92 Å². The van der Waals surface area contributed by atoms with Crippen LogP contribution in [0.2, 0.25) is 0 Å². The number of benzene rings is 1. The van der Waals surface area contributed by atoms with Crippen LogP contribution in [0.1, 0.15) is 28.8 Å². The van der Waals surface area contributed by atoms with E-state index in [0.29, 0.717) is 38.0 Å². The fourth-order valence-corrected chi connectivity index (χ4v) is 2.84. The van der Waals surface area contributed by atoms with Crippen molar-refractivity contribution in [3.05, 3.63) is 60.1 Å². The van der Waals surface area contributed by atoms with Gasteiger partial charge in [0.15, 0.2) is 0 Å². The monoisotopic (exact) mass is 312 g/mol. The van der Waals surface area contributed by atoms with Crippen molar-refractivity contribution in [2.75, 3.05) is 13.1 Å². The summed E-state index contributed by atoms with van der Waals surface area (Å²) in [6, 6.07) is 11.5. The Morgan fingerprint density at radius 3 is 2.52 bits per heavy atom. The Morgan fingerprint density at radius 1 is 1.13 bits per heavy atom. The standard InChI is InChI=1S/C18H20N2O3/c21-17(19-12-14-4-2-1-3-5-14)15-6-9-20(10-7-15)18(22)16-8-11-23-13-16/h1-5,8,11,13,15H,6-7,9-10,12H2,(H,19,21). The maximum absolute atomic E-state index is 12.2. The number of rotatable bonds is 4. The van der Waals surface area contributed by atoms with Crippen LogP contribution in [0.15, 0.2) is 53.3 Å². The van der Waals surface area contributed by atoms with Crippen LogP contribution >= 0.6 is 0 Å². The van der Waals surface area contributed by atoms with Crippen LogP contribution in [0.4, 0.5) is 0 Å². The summed E-state index contributed by atoms with van der Waals surface area (Å²) >= 11 is 0. The molecule has 0 saturated carbocycles. The van der Waals surface area contributed by atoms with Gasteiger partial charge < -0.3 is 14.6 Å². The van der Waals surface area contributed by atoms with E-state index in [1.807, 2.05) is 30.3 Å². The summed E-state index contributed by atoms with van der Waals surface area (Å²) in [5.41, 5.74) is 1.66. The first-order chi connectivity index (χ1) is 11.2. The third-order valence-electron chi connectivity index (χ3n) is 4.23. The molecule has 23 heavy (non-hydrogen) atoms. The number of carbonyl (C=O) groups is 2. The molecule has 0 spiro atoms. The van der Waals surface area contributed by atoms with E-state index < -0.39 is 0 Å². The van der Waals surface area contributed by atoms with Gasteiger partial charge in [0.05, 0.1) is 11.8 Å². The van der Waals surface area contributed by atoms with Gasteiger partial charge in [-0.25, -0.2) is 0 Å². The van der Waals surface area contributed by atoms with Crippen molar-refractivity contribution >= 4 is 11.8 Å². The summed E-state index contributed by atoms with van der Waals surface area (Å²) in [4.78, 5) is 26.2. The fraction of sp³-hybridized carbons (Fsp3) is 0.333. The van der Waals surface area contributed by atoms with E-state index >= 15 is 0 Å². The number of piperidine rings is 1. The van der Waals surface area contributed by atoms with E-state index in [9.17, 15) is 9.59 Å². The van der Waals surface area contributed by atoms with Crippen molar-refractivity contribution in [3.63, 3.8) is 0 Å². The molecular weight excluding hydrogens is 292 g/mol. The van der Waals surface area contributed by atoms with Crippen LogP contribution in [-0.4, -0.2) is 29.8 Å². The molecule has 1 saturated heterocycles. The number of furan rings is 1. The van der Waals surface area contributed by atoms with Gasteiger partial charge in [0, 0.05) is 25.6 Å². The van der Waals surface area contributed by atoms with Gasteiger partial charge in [-0.15, -0.1) is 0 Å². The number of carbonyl (C=O) groups excluding carboxylic acids is 2. The Kier molecular flexibility index (Phi) is 4.76. The summed E-state index contributed by atoms with van der Waals surface area (Å²) in [6.45, 7) is 1.76. The first kappa shape index (κ1) is 15.3. The normalized spacial score (nSPS) is 15.4. The van der Waals surface area contributed by atoms with Gasteiger partial charge >= 0.3 is 0 Å². The third-order valence-corrected chi connectivity index (χ3v) is 4.23. The Bertz CT molecular complexity index is 644. The molecule has 0 unspecified atom stereocenters. The van der Waals surface area contributed by atoms with Gasteiger partial charge in [0.2, 0.25) is 5.91 Å². The topological polar surface area (TPSA) is 62.6 Å². The van der Waals surface area contributed by atoms with Crippen molar-refractivity contribution in [3.8, 4) is 0 Å². The van der Waals surface area contributed by atoms with Gasteiger partial charge in [-0.05, 0) is 24.5 Å². The Morgan fingerprint density at radius 2 is 1.87 bits per heavy atom. The molecule has 1 fully saturated rings. The van der Waals surface area contributed by atoms with Crippen molar-refractivity contribution < 1.29 is 14.0 Å². The quantitative estimate of drug-likeness (QED) is 0.943.